The van der Waals surface area contributed by atoms with E-state index in [0.29, 0.717) is 13.0 Å². The van der Waals surface area contributed by atoms with Crippen molar-refractivity contribution in [3.8, 4) is 5.75 Å². The Kier molecular flexibility index (Phi) is 6.87. The van der Waals surface area contributed by atoms with Crippen LogP contribution in [0.4, 0.5) is 0 Å². The van der Waals surface area contributed by atoms with E-state index in [1.165, 1.54) is 0 Å². The van der Waals surface area contributed by atoms with Crippen LogP contribution in [-0.4, -0.2) is 33.2 Å². The van der Waals surface area contributed by atoms with Crippen LogP contribution in [-0.2, 0) is 11.2 Å². The van der Waals surface area contributed by atoms with E-state index < -0.39 is 0 Å². The molecule has 0 saturated carbocycles. The molecular weight excluding hydrogens is 228 g/mol. The fraction of sp³-hybridized carbons (Fsp3) is 0.500. The van der Waals surface area contributed by atoms with Gasteiger partial charge >= 0.3 is 0 Å². The number of ether oxygens (including phenoxy) is 1. The standard InChI is InChI=1S/C14H22N2O2/c1-15-10-5-8-14(17)16-11-9-12-6-3-4-7-13(12)18-2/h3-4,6-7,15H,5,8-11H2,1-2H3,(H,16,17). The average molecular weight is 250 g/mol. The third-order valence-corrected chi connectivity index (χ3v) is 2.74. The highest BCUT2D eigenvalue weighted by atomic mass is 16.5. The summed E-state index contributed by atoms with van der Waals surface area (Å²) in [6, 6.07) is 7.88. The number of nitrogens with one attached hydrogen (secondary N) is 2. The number of carbonyl (C=O) groups is 1. The van der Waals surface area contributed by atoms with Crippen molar-refractivity contribution < 1.29 is 9.53 Å². The van der Waals surface area contributed by atoms with E-state index in [4.69, 9.17) is 4.74 Å². The minimum Gasteiger partial charge on any atom is -0.496 e. The molecule has 0 aromatic heterocycles. The summed E-state index contributed by atoms with van der Waals surface area (Å²) >= 11 is 0. The van der Waals surface area contributed by atoms with Crippen molar-refractivity contribution in [3.05, 3.63) is 29.8 Å². The Morgan fingerprint density at radius 3 is 2.78 bits per heavy atom. The van der Waals surface area contributed by atoms with Crippen LogP contribution in [0.15, 0.2) is 24.3 Å². The zero-order chi connectivity index (χ0) is 13.2. The zero-order valence-electron chi connectivity index (χ0n) is 11.2. The number of benzene rings is 1. The number of carbonyl (C=O) groups excluding carboxylic acids is 1. The molecule has 0 unspecified atom stereocenters. The lowest BCUT2D eigenvalue weighted by Crippen LogP contribution is -2.26. The molecule has 100 valence electrons. The normalized spacial score (nSPS) is 10.1. The van der Waals surface area contributed by atoms with E-state index in [2.05, 4.69) is 10.6 Å². The van der Waals surface area contributed by atoms with E-state index in [1.807, 2.05) is 31.3 Å². The van der Waals surface area contributed by atoms with Gasteiger partial charge in [0.1, 0.15) is 5.75 Å². The van der Waals surface area contributed by atoms with Gasteiger partial charge < -0.3 is 15.4 Å². The van der Waals surface area contributed by atoms with Crippen molar-refractivity contribution in [2.24, 2.45) is 0 Å². The number of hydrogen-bond donors (Lipinski definition) is 2. The quantitative estimate of drug-likeness (QED) is 0.685. The molecule has 1 aromatic rings. The Hall–Kier alpha value is -1.55. The highest BCUT2D eigenvalue weighted by Gasteiger charge is 2.03. The van der Waals surface area contributed by atoms with Crippen molar-refractivity contribution >= 4 is 5.91 Å². The molecule has 0 radical (unpaired) electrons. The van der Waals surface area contributed by atoms with E-state index in [-0.39, 0.29) is 5.91 Å². The molecule has 0 atom stereocenters. The predicted octanol–water partition coefficient (Wildman–Crippen LogP) is 1.35. The molecule has 0 fully saturated rings. The van der Waals surface area contributed by atoms with Crippen LogP contribution in [0.1, 0.15) is 18.4 Å². The summed E-state index contributed by atoms with van der Waals surface area (Å²) in [6.07, 6.45) is 2.24. The molecule has 4 heteroatoms. The van der Waals surface area contributed by atoms with E-state index in [9.17, 15) is 4.79 Å². The van der Waals surface area contributed by atoms with Crippen molar-refractivity contribution in [2.75, 3.05) is 27.2 Å². The van der Waals surface area contributed by atoms with Gasteiger partial charge in [0, 0.05) is 13.0 Å². The summed E-state index contributed by atoms with van der Waals surface area (Å²) in [5, 5.41) is 5.94. The molecule has 1 amide bonds. The van der Waals surface area contributed by atoms with Crippen LogP contribution in [0, 0.1) is 0 Å². The molecule has 18 heavy (non-hydrogen) atoms. The molecule has 2 N–H and O–H groups in total. The molecule has 0 bridgehead atoms. The number of amides is 1. The number of hydrogen-bond acceptors (Lipinski definition) is 3. The first-order valence-electron chi connectivity index (χ1n) is 6.31. The maximum atomic E-state index is 11.5. The fourth-order valence-corrected chi connectivity index (χ4v) is 1.76. The number of para-hydroxylation sites is 1. The van der Waals surface area contributed by atoms with Crippen molar-refractivity contribution in [3.63, 3.8) is 0 Å². The summed E-state index contributed by atoms with van der Waals surface area (Å²) in [7, 11) is 3.55. The van der Waals surface area contributed by atoms with Crippen molar-refractivity contribution in [1.29, 1.82) is 0 Å². The monoisotopic (exact) mass is 250 g/mol. The van der Waals surface area contributed by atoms with Crippen LogP contribution in [0.3, 0.4) is 0 Å². The topological polar surface area (TPSA) is 50.4 Å². The molecule has 1 rings (SSSR count). The molecule has 0 heterocycles. The molecular formula is C14H22N2O2. The highest BCUT2D eigenvalue weighted by Crippen LogP contribution is 2.17. The number of methoxy groups -OCH3 is 1. The molecule has 4 nitrogen and oxygen atoms in total. The van der Waals surface area contributed by atoms with Gasteiger partial charge in [0.25, 0.3) is 0 Å². The Bertz CT molecular complexity index is 367. The van der Waals surface area contributed by atoms with Gasteiger partial charge in [-0.1, -0.05) is 18.2 Å². The Labute approximate surface area is 109 Å². The van der Waals surface area contributed by atoms with E-state index in [1.54, 1.807) is 7.11 Å². The second-order valence-electron chi connectivity index (χ2n) is 4.12. The summed E-state index contributed by atoms with van der Waals surface area (Å²) < 4.78 is 5.26. The molecule has 1 aromatic carbocycles. The fourth-order valence-electron chi connectivity index (χ4n) is 1.76. The lowest BCUT2D eigenvalue weighted by atomic mass is 10.1. The molecule has 0 aliphatic rings. The Balaban J connectivity index is 2.26. The van der Waals surface area contributed by atoms with Gasteiger partial charge in [-0.15, -0.1) is 0 Å². The summed E-state index contributed by atoms with van der Waals surface area (Å²) in [4.78, 5) is 11.5. The zero-order valence-corrected chi connectivity index (χ0v) is 11.2. The van der Waals surface area contributed by atoms with Gasteiger partial charge in [-0.3, -0.25) is 4.79 Å². The minimum atomic E-state index is 0.111. The summed E-state index contributed by atoms with van der Waals surface area (Å²) in [6.45, 7) is 1.53. The average Bonchev–Trinajstić information content (AvgIpc) is 2.39. The predicted molar refractivity (Wildman–Crippen MR) is 72.9 cm³/mol. The SMILES string of the molecule is CNCCCC(=O)NCCc1ccccc1OC. The minimum absolute atomic E-state index is 0.111. The second-order valence-corrected chi connectivity index (χ2v) is 4.12. The van der Waals surface area contributed by atoms with E-state index >= 15 is 0 Å². The van der Waals surface area contributed by atoms with Crippen molar-refractivity contribution in [2.45, 2.75) is 19.3 Å². The maximum Gasteiger partial charge on any atom is 0.220 e. The van der Waals surface area contributed by atoms with Gasteiger partial charge in [0.05, 0.1) is 7.11 Å². The van der Waals surface area contributed by atoms with Crippen LogP contribution in [0.25, 0.3) is 0 Å². The Morgan fingerprint density at radius 1 is 1.28 bits per heavy atom. The first-order chi connectivity index (χ1) is 8.77. The van der Waals surface area contributed by atoms with Gasteiger partial charge in [0.2, 0.25) is 5.91 Å². The second kappa shape index (κ2) is 8.53. The first-order valence-corrected chi connectivity index (χ1v) is 6.31. The third-order valence-electron chi connectivity index (χ3n) is 2.74. The smallest absolute Gasteiger partial charge is 0.220 e. The van der Waals surface area contributed by atoms with Crippen molar-refractivity contribution in [1.82, 2.24) is 10.6 Å². The maximum absolute atomic E-state index is 11.5. The summed E-state index contributed by atoms with van der Waals surface area (Å²) in [5.74, 6) is 0.988. The van der Waals surface area contributed by atoms with Crippen LogP contribution < -0.4 is 15.4 Å². The van der Waals surface area contributed by atoms with E-state index in [0.717, 1.165) is 30.7 Å². The Morgan fingerprint density at radius 2 is 2.06 bits per heavy atom. The molecule has 0 spiro atoms. The highest BCUT2D eigenvalue weighted by molar-refractivity contribution is 5.75. The largest absolute Gasteiger partial charge is 0.496 e. The number of rotatable bonds is 8. The van der Waals surface area contributed by atoms with Gasteiger partial charge in [0.15, 0.2) is 0 Å². The lowest BCUT2D eigenvalue weighted by Gasteiger charge is -2.09. The molecule has 0 aliphatic carbocycles. The van der Waals surface area contributed by atoms with Gasteiger partial charge in [-0.2, -0.15) is 0 Å². The van der Waals surface area contributed by atoms with Gasteiger partial charge in [-0.25, -0.2) is 0 Å². The summed E-state index contributed by atoms with van der Waals surface area (Å²) in [5.41, 5.74) is 1.12. The molecule has 0 aliphatic heterocycles. The van der Waals surface area contributed by atoms with Crippen LogP contribution >= 0.6 is 0 Å². The van der Waals surface area contributed by atoms with Crippen LogP contribution in [0.2, 0.25) is 0 Å². The first kappa shape index (κ1) is 14.5. The molecule has 0 saturated heterocycles. The van der Waals surface area contributed by atoms with Gasteiger partial charge in [-0.05, 0) is 38.1 Å². The lowest BCUT2D eigenvalue weighted by molar-refractivity contribution is -0.121. The van der Waals surface area contributed by atoms with Crippen LogP contribution in [0.5, 0.6) is 5.75 Å². The third kappa shape index (κ3) is 5.19.